The molecule has 0 radical (unpaired) electrons. The van der Waals surface area contributed by atoms with Gasteiger partial charge in [-0.15, -0.1) is 0 Å². The fraction of sp³-hybridized carbons (Fsp3) is 0.176. The number of phenolic OH excluding ortho intramolecular Hbond substituents is 1. The summed E-state index contributed by atoms with van der Waals surface area (Å²) in [5.41, 5.74) is 2.47. The Kier molecular flexibility index (Phi) is 6.16. The van der Waals surface area contributed by atoms with Gasteiger partial charge < -0.3 is 15.2 Å². The topological polar surface area (TPSA) is 70.6 Å². The molecule has 0 unspecified atom stereocenters. The molecule has 2 aromatic rings. The molecule has 0 aromatic heterocycles. The lowest BCUT2D eigenvalue weighted by molar-refractivity contribution is -0.121. The van der Waals surface area contributed by atoms with Crippen LogP contribution < -0.4 is 15.4 Å². The van der Waals surface area contributed by atoms with Crippen LogP contribution in [0.15, 0.2) is 40.9 Å². The summed E-state index contributed by atoms with van der Waals surface area (Å²) in [4.78, 5) is 11.9. The molecule has 0 heterocycles. The normalized spacial score (nSPS) is 10.1. The lowest BCUT2D eigenvalue weighted by atomic mass is 10.2. The number of halogens is 1. The van der Waals surface area contributed by atoms with Crippen LogP contribution in [0.3, 0.4) is 0 Å². The van der Waals surface area contributed by atoms with Crippen molar-refractivity contribution in [2.45, 2.75) is 13.8 Å². The van der Waals surface area contributed by atoms with Gasteiger partial charge in [-0.25, -0.2) is 0 Å². The lowest BCUT2D eigenvalue weighted by Crippen LogP contribution is -2.37. The van der Waals surface area contributed by atoms with Crippen molar-refractivity contribution in [3.8, 4) is 11.5 Å². The molecule has 0 aliphatic heterocycles. The highest BCUT2D eigenvalue weighted by molar-refractivity contribution is 9.10. The van der Waals surface area contributed by atoms with E-state index in [0.717, 1.165) is 15.6 Å². The summed E-state index contributed by atoms with van der Waals surface area (Å²) in [6.45, 7) is 3.68. The fourth-order valence-corrected chi connectivity index (χ4v) is 2.76. The number of hydrogen-bond acceptors (Lipinski definition) is 4. The number of benzene rings is 2. The van der Waals surface area contributed by atoms with Gasteiger partial charge >= 0.3 is 0 Å². The Labute approximate surface area is 154 Å². The molecule has 24 heavy (non-hydrogen) atoms. The first kappa shape index (κ1) is 18.2. The van der Waals surface area contributed by atoms with Gasteiger partial charge in [0.1, 0.15) is 11.5 Å². The molecule has 5 nitrogen and oxygen atoms in total. The number of anilines is 1. The zero-order chi connectivity index (χ0) is 17.7. The molecular formula is C17H17BrN2O3S. The Morgan fingerprint density at radius 3 is 2.58 bits per heavy atom. The van der Waals surface area contributed by atoms with Crippen molar-refractivity contribution in [1.29, 1.82) is 0 Å². The summed E-state index contributed by atoms with van der Waals surface area (Å²) < 4.78 is 6.23. The Bertz CT molecular complexity index is 780. The zero-order valence-corrected chi connectivity index (χ0v) is 15.6. The lowest BCUT2D eigenvalue weighted by Gasteiger charge is -2.12. The summed E-state index contributed by atoms with van der Waals surface area (Å²) >= 11 is 8.45. The predicted octanol–water partition coefficient (Wildman–Crippen LogP) is 3.66. The summed E-state index contributed by atoms with van der Waals surface area (Å²) in [7, 11) is 0. The number of rotatable bonds is 4. The Morgan fingerprint density at radius 2 is 1.88 bits per heavy atom. The van der Waals surface area contributed by atoms with E-state index in [-0.39, 0.29) is 17.5 Å². The fourth-order valence-electron chi connectivity index (χ4n) is 1.93. The number of carbonyl (C=O) groups excluding carboxylic acids is 1. The highest BCUT2D eigenvalue weighted by Gasteiger charge is 2.09. The third-order valence-electron chi connectivity index (χ3n) is 3.10. The predicted molar refractivity (Wildman–Crippen MR) is 102 cm³/mol. The number of nitrogens with one attached hydrogen (secondary N) is 2. The molecule has 126 valence electrons. The second-order valence-corrected chi connectivity index (χ2v) is 6.51. The molecule has 0 aliphatic rings. The number of ether oxygens (including phenoxy) is 1. The van der Waals surface area contributed by atoms with E-state index in [2.05, 4.69) is 26.6 Å². The number of thiocarbonyl (C=S) groups is 1. The van der Waals surface area contributed by atoms with Gasteiger partial charge in [0.15, 0.2) is 11.7 Å². The van der Waals surface area contributed by atoms with Gasteiger partial charge in [-0.2, -0.15) is 0 Å². The summed E-state index contributed by atoms with van der Waals surface area (Å²) in [6.07, 6.45) is 0. The number of amides is 1. The molecule has 0 bridgehead atoms. The maximum Gasteiger partial charge on any atom is 0.264 e. The molecule has 0 fully saturated rings. The van der Waals surface area contributed by atoms with Crippen LogP contribution in [-0.2, 0) is 4.79 Å². The van der Waals surface area contributed by atoms with Crippen LogP contribution in [0, 0.1) is 13.8 Å². The van der Waals surface area contributed by atoms with E-state index in [1.54, 1.807) is 24.3 Å². The van der Waals surface area contributed by atoms with Crippen molar-refractivity contribution < 1.29 is 14.6 Å². The number of aryl methyl sites for hydroxylation is 2. The first-order chi connectivity index (χ1) is 11.3. The van der Waals surface area contributed by atoms with Crippen molar-refractivity contribution in [1.82, 2.24) is 5.32 Å². The average Bonchev–Trinajstić information content (AvgIpc) is 2.50. The molecule has 0 spiro atoms. The minimum Gasteiger partial charge on any atom is -0.506 e. The molecule has 2 rings (SSSR count). The smallest absolute Gasteiger partial charge is 0.264 e. The Hall–Kier alpha value is -2.12. The van der Waals surface area contributed by atoms with E-state index in [0.29, 0.717) is 11.4 Å². The Morgan fingerprint density at radius 1 is 1.21 bits per heavy atom. The van der Waals surface area contributed by atoms with Crippen LogP contribution in [-0.4, -0.2) is 22.7 Å². The van der Waals surface area contributed by atoms with Crippen molar-refractivity contribution in [2.24, 2.45) is 0 Å². The number of hydrogen-bond donors (Lipinski definition) is 3. The van der Waals surface area contributed by atoms with E-state index < -0.39 is 5.91 Å². The number of aromatic hydroxyl groups is 1. The first-order valence-corrected chi connectivity index (χ1v) is 8.34. The summed E-state index contributed by atoms with van der Waals surface area (Å²) in [5, 5.41) is 15.1. The van der Waals surface area contributed by atoms with Gasteiger partial charge in [-0.05, 0) is 77.4 Å². The SMILES string of the molecule is Cc1ccc(OCC(=O)NC(=S)Nc2cc(C)ccc2O)c(Br)c1. The largest absolute Gasteiger partial charge is 0.506 e. The van der Waals surface area contributed by atoms with Crippen molar-refractivity contribution >= 4 is 44.9 Å². The van der Waals surface area contributed by atoms with E-state index in [1.165, 1.54) is 0 Å². The maximum atomic E-state index is 11.9. The van der Waals surface area contributed by atoms with E-state index in [4.69, 9.17) is 17.0 Å². The number of phenols is 1. The molecule has 7 heteroatoms. The highest BCUT2D eigenvalue weighted by Crippen LogP contribution is 2.25. The standard InChI is InChI=1S/C17H17BrN2O3S/c1-10-4-6-15(12(18)7-10)23-9-16(22)20-17(24)19-13-8-11(2)3-5-14(13)21/h3-8,21H,9H2,1-2H3,(H2,19,20,22,24). The van der Waals surface area contributed by atoms with Crippen molar-refractivity contribution in [2.75, 3.05) is 11.9 Å². The van der Waals surface area contributed by atoms with Gasteiger partial charge in [0, 0.05) is 0 Å². The zero-order valence-electron chi connectivity index (χ0n) is 13.2. The molecule has 0 saturated heterocycles. The minimum absolute atomic E-state index is 0.0528. The molecule has 0 atom stereocenters. The summed E-state index contributed by atoms with van der Waals surface area (Å²) in [5.74, 6) is 0.232. The number of carbonyl (C=O) groups is 1. The molecular weight excluding hydrogens is 392 g/mol. The second-order valence-electron chi connectivity index (χ2n) is 5.25. The summed E-state index contributed by atoms with van der Waals surface area (Å²) in [6, 6.07) is 10.6. The highest BCUT2D eigenvalue weighted by atomic mass is 79.9. The Balaban J connectivity index is 1.87. The molecule has 0 aliphatic carbocycles. The minimum atomic E-state index is -0.396. The second kappa shape index (κ2) is 8.12. The van der Waals surface area contributed by atoms with Crippen LogP contribution >= 0.6 is 28.1 Å². The monoisotopic (exact) mass is 408 g/mol. The third-order valence-corrected chi connectivity index (χ3v) is 3.92. The molecule has 3 N–H and O–H groups in total. The van der Waals surface area contributed by atoms with E-state index >= 15 is 0 Å². The van der Waals surface area contributed by atoms with Gasteiger partial charge in [0.05, 0.1) is 10.2 Å². The van der Waals surface area contributed by atoms with E-state index in [9.17, 15) is 9.90 Å². The third kappa shape index (κ3) is 5.21. The van der Waals surface area contributed by atoms with Gasteiger partial charge in [-0.3, -0.25) is 10.1 Å². The molecule has 1 amide bonds. The van der Waals surface area contributed by atoms with E-state index in [1.807, 2.05) is 26.0 Å². The quantitative estimate of drug-likeness (QED) is 0.531. The average molecular weight is 409 g/mol. The maximum absolute atomic E-state index is 11.9. The van der Waals surface area contributed by atoms with Crippen LogP contribution in [0.5, 0.6) is 11.5 Å². The van der Waals surface area contributed by atoms with Crippen LogP contribution in [0.2, 0.25) is 0 Å². The van der Waals surface area contributed by atoms with Crippen molar-refractivity contribution in [3.63, 3.8) is 0 Å². The first-order valence-electron chi connectivity index (χ1n) is 7.14. The van der Waals surface area contributed by atoms with Gasteiger partial charge in [0.25, 0.3) is 5.91 Å². The molecule has 0 saturated carbocycles. The van der Waals surface area contributed by atoms with Gasteiger partial charge in [0.2, 0.25) is 0 Å². The van der Waals surface area contributed by atoms with Gasteiger partial charge in [-0.1, -0.05) is 12.1 Å². The van der Waals surface area contributed by atoms with Crippen LogP contribution in [0.4, 0.5) is 5.69 Å². The van der Waals surface area contributed by atoms with Crippen LogP contribution in [0.25, 0.3) is 0 Å². The van der Waals surface area contributed by atoms with Crippen LogP contribution in [0.1, 0.15) is 11.1 Å². The molecule has 2 aromatic carbocycles. The van der Waals surface area contributed by atoms with Crippen molar-refractivity contribution in [3.05, 3.63) is 52.0 Å².